The number of aromatic nitrogens is 5. The van der Waals surface area contributed by atoms with E-state index in [1.54, 1.807) is 0 Å². The topological polar surface area (TPSA) is 134 Å². The van der Waals surface area contributed by atoms with Crippen molar-refractivity contribution in [2.75, 3.05) is 5.32 Å². The molecule has 0 spiro atoms. The molecule has 0 saturated heterocycles. The molecule has 2 heterocycles. The van der Waals surface area contributed by atoms with Crippen molar-refractivity contribution < 1.29 is 14.5 Å². The minimum atomic E-state index is -0.862. The van der Waals surface area contributed by atoms with E-state index >= 15 is 0 Å². The highest BCUT2D eigenvalue weighted by Crippen LogP contribution is 2.15. The van der Waals surface area contributed by atoms with Crippen LogP contribution in [0.5, 0.6) is 0 Å². The highest BCUT2D eigenvalue weighted by atomic mass is 32.1. The minimum absolute atomic E-state index is 0.110. The van der Waals surface area contributed by atoms with Crippen LogP contribution in [0.15, 0.2) is 12.7 Å². The largest absolute Gasteiger partial charge is 0.373 e. The lowest BCUT2D eigenvalue weighted by Crippen LogP contribution is -2.29. The average Bonchev–Trinajstić information content (AvgIpc) is 2.98. The fraction of sp³-hybridized carbons (Fsp3) is 0.375. The molecule has 0 aliphatic rings. The van der Waals surface area contributed by atoms with E-state index in [2.05, 4.69) is 26.1 Å². The van der Waals surface area contributed by atoms with E-state index in [1.807, 2.05) is 6.92 Å². The van der Waals surface area contributed by atoms with Crippen LogP contribution in [0.4, 0.5) is 5.13 Å². The van der Waals surface area contributed by atoms with E-state index in [1.165, 1.54) is 22.3 Å². The molecule has 20 heavy (non-hydrogen) atoms. The van der Waals surface area contributed by atoms with Crippen LogP contribution in [0.3, 0.4) is 0 Å². The Kier molecular flexibility index (Phi) is 4.14. The molecule has 0 unspecified atom stereocenters. The summed E-state index contributed by atoms with van der Waals surface area (Å²) in [5.41, 5.74) is 2.99. The summed E-state index contributed by atoms with van der Waals surface area (Å²) < 4.78 is 2.11. The Balaban J connectivity index is 1.90. The first-order chi connectivity index (χ1) is 9.56. The number of aryl methyl sites for hydroxylation is 1. The van der Waals surface area contributed by atoms with Gasteiger partial charge in [-0.15, -0.1) is 15.2 Å². The Hall–Kier alpha value is -2.63. The number of hydrogen-bond donors (Lipinski definition) is 1. The van der Waals surface area contributed by atoms with Crippen LogP contribution in [0, 0.1) is 10.1 Å². The van der Waals surface area contributed by atoms with Crippen molar-refractivity contribution in [2.45, 2.75) is 19.9 Å². The highest BCUT2D eigenvalue weighted by Gasteiger charge is 2.15. The molecule has 2 aromatic heterocycles. The predicted octanol–water partition coefficient (Wildman–Crippen LogP) is -0.448. The normalized spacial score (nSPS) is 10.2. The Morgan fingerprint density at radius 1 is 1.65 bits per heavy atom. The maximum absolute atomic E-state index is 11.7. The van der Waals surface area contributed by atoms with Gasteiger partial charge in [-0.3, -0.25) is 15.6 Å². The van der Waals surface area contributed by atoms with Crippen molar-refractivity contribution >= 4 is 22.4 Å². The molecule has 12 heteroatoms. The standard InChI is InChI=1S/C8H10N8O3S/c1-2-7-11-12-8(20-7)10-6(17)3-14-5-15(4-9-14)13-16(18)19/h4-5H,2-3H2,1H3,(H,10,12,17). The van der Waals surface area contributed by atoms with Gasteiger partial charge in [-0.2, -0.15) is 0 Å². The van der Waals surface area contributed by atoms with Gasteiger partial charge in [0.1, 0.15) is 10.1 Å². The third kappa shape index (κ3) is 3.68. The Morgan fingerprint density at radius 3 is 3.10 bits per heavy atom. The van der Waals surface area contributed by atoms with Crippen LogP contribution in [0.1, 0.15) is 11.9 Å². The zero-order valence-corrected chi connectivity index (χ0v) is 11.1. The van der Waals surface area contributed by atoms with E-state index in [4.69, 9.17) is 0 Å². The molecule has 1 N–H and O–H groups in total. The van der Waals surface area contributed by atoms with E-state index in [9.17, 15) is 14.9 Å². The Labute approximate surface area is 116 Å². The van der Waals surface area contributed by atoms with E-state index < -0.39 is 5.03 Å². The summed E-state index contributed by atoms with van der Waals surface area (Å²) in [5.74, 6) is -0.361. The maximum atomic E-state index is 11.7. The monoisotopic (exact) mass is 298 g/mol. The van der Waals surface area contributed by atoms with Gasteiger partial charge < -0.3 is 10.1 Å². The fourth-order valence-corrected chi connectivity index (χ4v) is 1.98. The van der Waals surface area contributed by atoms with Crippen LogP contribution in [0.2, 0.25) is 0 Å². The van der Waals surface area contributed by atoms with Crippen molar-refractivity contribution in [3.63, 3.8) is 0 Å². The van der Waals surface area contributed by atoms with Gasteiger partial charge in [-0.25, -0.2) is 4.68 Å². The molecule has 0 atom stereocenters. The van der Waals surface area contributed by atoms with Gasteiger partial charge in [0.25, 0.3) is 12.2 Å². The lowest BCUT2D eigenvalue weighted by atomic mass is 10.5. The van der Waals surface area contributed by atoms with E-state index in [-0.39, 0.29) is 12.5 Å². The molecule has 2 rings (SSSR count). The SMILES string of the molecule is CCc1nnc(NC(=O)Cn2c[n+]([N-][N+](=O)[O-])cn2)s1. The lowest BCUT2D eigenvalue weighted by Gasteiger charge is -2.07. The first-order valence-corrected chi connectivity index (χ1v) is 6.30. The quantitative estimate of drug-likeness (QED) is 0.436. The summed E-state index contributed by atoms with van der Waals surface area (Å²) in [7, 11) is 0. The van der Waals surface area contributed by atoms with E-state index in [0.29, 0.717) is 5.13 Å². The summed E-state index contributed by atoms with van der Waals surface area (Å²) in [6.07, 6.45) is 3.09. The molecular formula is C8H10N8O3S. The molecule has 0 aliphatic heterocycles. The smallest absolute Gasteiger partial charge is 0.332 e. The second-order valence-electron chi connectivity index (χ2n) is 3.55. The molecule has 1 amide bonds. The van der Waals surface area contributed by atoms with Gasteiger partial charge in [0.05, 0.1) is 0 Å². The lowest BCUT2D eigenvalue weighted by molar-refractivity contribution is -0.738. The number of nitrogens with zero attached hydrogens (tertiary/aromatic N) is 7. The summed E-state index contributed by atoms with van der Waals surface area (Å²) in [5, 5.41) is 24.5. The van der Waals surface area contributed by atoms with Gasteiger partial charge in [0.15, 0.2) is 0 Å². The maximum Gasteiger partial charge on any atom is 0.332 e. The molecule has 11 nitrogen and oxygen atoms in total. The van der Waals surface area contributed by atoms with Gasteiger partial charge in [0.2, 0.25) is 11.7 Å². The first-order valence-electron chi connectivity index (χ1n) is 5.49. The Morgan fingerprint density at radius 2 is 2.45 bits per heavy atom. The average molecular weight is 298 g/mol. The van der Waals surface area contributed by atoms with Crippen molar-refractivity contribution in [1.82, 2.24) is 20.0 Å². The molecule has 0 saturated carbocycles. The fourth-order valence-electron chi connectivity index (χ4n) is 1.28. The van der Waals surface area contributed by atoms with Crippen molar-refractivity contribution in [3.8, 4) is 0 Å². The summed E-state index contributed by atoms with van der Waals surface area (Å²) in [6.45, 7) is 1.83. The molecular weight excluding hydrogens is 288 g/mol. The summed E-state index contributed by atoms with van der Waals surface area (Å²) in [4.78, 5) is 21.9. The molecule has 0 aliphatic carbocycles. The second-order valence-corrected chi connectivity index (χ2v) is 4.62. The minimum Gasteiger partial charge on any atom is -0.373 e. The highest BCUT2D eigenvalue weighted by molar-refractivity contribution is 7.15. The van der Waals surface area contributed by atoms with Crippen LogP contribution in [-0.4, -0.2) is 30.9 Å². The number of amides is 1. The third-order valence-corrected chi connectivity index (χ3v) is 3.05. The van der Waals surface area contributed by atoms with Crippen LogP contribution in [-0.2, 0) is 17.8 Å². The molecule has 2 aromatic rings. The predicted molar refractivity (Wildman–Crippen MR) is 66.1 cm³/mol. The van der Waals surface area contributed by atoms with Crippen molar-refractivity contribution in [3.05, 3.63) is 33.3 Å². The molecule has 0 radical (unpaired) electrons. The number of anilines is 1. The van der Waals surface area contributed by atoms with Crippen LogP contribution in [0.25, 0.3) is 5.53 Å². The molecule has 0 fully saturated rings. The number of nitro groups is 1. The van der Waals surface area contributed by atoms with Crippen molar-refractivity contribution in [2.24, 2.45) is 0 Å². The van der Waals surface area contributed by atoms with Gasteiger partial charge >= 0.3 is 6.33 Å². The number of rotatable bonds is 6. The molecule has 0 aromatic carbocycles. The first kappa shape index (κ1) is 13.8. The van der Waals surface area contributed by atoms with Crippen LogP contribution >= 0.6 is 11.3 Å². The number of hydrogen-bond acceptors (Lipinski definition) is 7. The number of carbonyl (C=O) groups excluding carboxylic acids is 1. The zero-order chi connectivity index (χ0) is 14.5. The van der Waals surface area contributed by atoms with Gasteiger partial charge in [-0.1, -0.05) is 18.3 Å². The molecule has 0 bridgehead atoms. The summed E-state index contributed by atoms with van der Waals surface area (Å²) >= 11 is 1.29. The van der Waals surface area contributed by atoms with Gasteiger partial charge in [0, 0.05) is 0 Å². The third-order valence-electron chi connectivity index (χ3n) is 2.07. The van der Waals surface area contributed by atoms with Crippen molar-refractivity contribution in [1.29, 1.82) is 0 Å². The van der Waals surface area contributed by atoms with E-state index in [0.717, 1.165) is 22.4 Å². The number of carbonyl (C=O) groups is 1. The summed E-state index contributed by atoms with van der Waals surface area (Å²) in [6, 6.07) is 0. The van der Waals surface area contributed by atoms with Gasteiger partial charge in [-0.05, 0) is 11.1 Å². The second kappa shape index (κ2) is 6.01. The number of nitrogens with one attached hydrogen (secondary N) is 1. The van der Waals surface area contributed by atoms with Crippen LogP contribution < -0.4 is 9.99 Å². The molecule has 106 valence electrons. The zero-order valence-electron chi connectivity index (χ0n) is 10.3. The Bertz CT molecular complexity index is 623.